The van der Waals surface area contributed by atoms with E-state index in [2.05, 4.69) is 56.3 Å². The normalized spacial score (nSPS) is 14.6. The molecule has 1 aromatic heterocycles. The molecule has 0 fully saturated rings. The van der Waals surface area contributed by atoms with Gasteiger partial charge < -0.3 is 4.90 Å². The van der Waals surface area contributed by atoms with Crippen LogP contribution < -0.4 is 0 Å². The van der Waals surface area contributed by atoms with Crippen molar-refractivity contribution in [3.63, 3.8) is 0 Å². The van der Waals surface area contributed by atoms with E-state index < -0.39 is 0 Å². The zero-order valence-electron chi connectivity index (χ0n) is 12.2. The first-order valence-electron chi connectivity index (χ1n) is 6.90. The number of aromatic nitrogens is 2. The van der Waals surface area contributed by atoms with Crippen LogP contribution in [0, 0.1) is 5.92 Å². The second-order valence-electron chi connectivity index (χ2n) is 5.35. The highest BCUT2D eigenvalue weighted by molar-refractivity contribution is 5.31. The highest BCUT2D eigenvalue weighted by atomic mass is 15.3. The third-order valence-corrected chi connectivity index (χ3v) is 3.70. The molecular weight excluding hydrogens is 234 g/mol. The molecular formula is C16H23N3. The number of hydrogen-bond acceptors (Lipinski definition) is 2. The average molecular weight is 257 g/mol. The van der Waals surface area contributed by atoms with Crippen LogP contribution in [0.4, 0.5) is 0 Å². The molecule has 0 saturated heterocycles. The Morgan fingerprint density at radius 3 is 2.47 bits per heavy atom. The van der Waals surface area contributed by atoms with E-state index in [1.165, 1.54) is 12.0 Å². The van der Waals surface area contributed by atoms with E-state index in [1.807, 2.05) is 29.1 Å². The predicted octanol–water partition coefficient (Wildman–Crippen LogP) is 3.52. The van der Waals surface area contributed by atoms with Gasteiger partial charge >= 0.3 is 0 Å². The lowest BCUT2D eigenvalue weighted by atomic mass is 9.94. The summed E-state index contributed by atoms with van der Waals surface area (Å²) in [6, 6.07) is 10.7. The summed E-state index contributed by atoms with van der Waals surface area (Å²) < 4.78 is 1.95. The predicted molar refractivity (Wildman–Crippen MR) is 79.4 cm³/mol. The lowest BCUT2D eigenvalue weighted by Gasteiger charge is -2.28. The molecule has 0 unspecified atom stereocenters. The average Bonchev–Trinajstić information content (AvgIpc) is 2.88. The Bertz CT molecular complexity index is 502. The maximum atomic E-state index is 4.50. The number of nitrogens with zero attached hydrogens (tertiary/aromatic N) is 3. The zero-order valence-corrected chi connectivity index (χ0v) is 12.2. The Balaban J connectivity index is 2.29. The first-order valence-corrected chi connectivity index (χ1v) is 6.90. The molecule has 0 radical (unpaired) electrons. The molecule has 19 heavy (non-hydrogen) atoms. The zero-order chi connectivity index (χ0) is 13.8. The fourth-order valence-corrected chi connectivity index (χ4v) is 2.57. The maximum absolute atomic E-state index is 4.50. The Hall–Kier alpha value is -1.61. The monoisotopic (exact) mass is 257 g/mol. The van der Waals surface area contributed by atoms with Crippen molar-refractivity contribution >= 4 is 0 Å². The van der Waals surface area contributed by atoms with Gasteiger partial charge in [0, 0.05) is 17.8 Å². The van der Waals surface area contributed by atoms with Gasteiger partial charge in [-0.2, -0.15) is 5.10 Å². The van der Waals surface area contributed by atoms with Gasteiger partial charge in [-0.05, 0) is 32.1 Å². The summed E-state index contributed by atoms with van der Waals surface area (Å²) in [5.41, 5.74) is 2.39. The number of para-hydroxylation sites is 1. The highest BCUT2D eigenvalue weighted by Crippen LogP contribution is 2.28. The summed E-state index contributed by atoms with van der Waals surface area (Å²) in [7, 11) is 4.27. The third-order valence-electron chi connectivity index (χ3n) is 3.70. The van der Waals surface area contributed by atoms with Crippen molar-refractivity contribution < 1.29 is 0 Å². The minimum Gasteiger partial charge on any atom is -0.302 e. The second kappa shape index (κ2) is 6.02. The number of benzene rings is 1. The van der Waals surface area contributed by atoms with Crippen LogP contribution in [-0.2, 0) is 0 Å². The molecule has 3 heteroatoms. The van der Waals surface area contributed by atoms with Crippen molar-refractivity contribution in [2.45, 2.75) is 26.3 Å². The SMILES string of the molecule is CC[C@@H](C)[C@H](c1cnn(-c2ccccc2)c1)N(C)C. The smallest absolute Gasteiger partial charge is 0.0645 e. The van der Waals surface area contributed by atoms with Crippen molar-refractivity contribution in [1.82, 2.24) is 14.7 Å². The van der Waals surface area contributed by atoms with Crippen LogP contribution in [0.15, 0.2) is 42.7 Å². The topological polar surface area (TPSA) is 21.1 Å². The second-order valence-corrected chi connectivity index (χ2v) is 5.35. The van der Waals surface area contributed by atoms with Crippen molar-refractivity contribution in [3.8, 4) is 5.69 Å². The van der Waals surface area contributed by atoms with E-state index in [1.54, 1.807) is 0 Å². The lowest BCUT2D eigenvalue weighted by Crippen LogP contribution is -2.25. The minimum atomic E-state index is 0.419. The lowest BCUT2D eigenvalue weighted by molar-refractivity contribution is 0.219. The van der Waals surface area contributed by atoms with E-state index in [4.69, 9.17) is 0 Å². The number of hydrogen-bond donors (Lipinski definition) is 0. The summed E-state index contributed by atoms with van der Waals surface area (Å²) in [5.74, 6) is 0.614. The maximum Gasteiger partial charge on any atom is 0.0645 e. The fourth-order valence-electron chi connectivity index (χ4n) is 2.57. The van der Waals surface area contributed by atoms with Crippen molar-refractivity contribution in [2.75, 3.05) is 14.1 Å². The van der Waals surface area contributed by atoms with Crippen molar-refractivity contribution in [3.05, 3.63) is 48.3 Å². The quantitative estimate of drug-likeness (QED) is 0.817. The van der Waals surface area contributed by atoms with Crippen LogP contribution in [-0.4, -0.2) is 28.8 Å². The largest absolute Gasteiger partial charge is 0.302 e. The molecule has 2 aromatic rings. The molecule has 0 N–H and O–H groups in total. The van der Waals surface area contributed by atoms with Crippen molar-refractivity contribution in [1.29, 1.82) is 0 Å². The first-order chi connectivity index (χ1) is 9.13. The molecule has 2 rings (SSSR count). The van der Waals surface area contributed by atoms with Crippen LogP contribution >= 0.6 is 0 Å². The van der Waals surface area contributed by atoms with Gasteiger partial charge in [0.05, 0.1) is 11.9 Å². The molecule has 0 aliphatic carbocycles. The van der Waals surface area contributed by atoms with Gasteiger partial charge in [-0.1, -0.05) is 38.5 Å². The van der Waals surface area contributed by atoms with Crippen LogP contribution in [0.1, 0.15) is 31.9 Å². The molecule has 2 atom stereocenters. The Labute approximate surface area is 115 Å². The highest BCUT2D eigenvalue weighted by Gasteiger charge is 2.21. The molecule has 0 aliphatic rings. The molecule has 0 spiro atoms. The van der Waals surface area contributed by atoms with Gasteiger partial charge in [0.1, 0.15) is 0 Å². The van der Waals surface area contributed by atoms with Crippen LogP contribution in [0.3, 0.4) is 0 Å². The Morgan fingerprint density at radius 1 is 1.21 bits per heavy atom. The van der Waals surface area contributed by atoms with E-state index in [0.717, 1.165) is 5.69 Å². The van der Waals surface area contributed by atoms with Crippen molar-refractivity contribution in [2.24, 2.45) is 5.92 Å². The van der Waals surface area contributed by atoms with Gasteiger partial charge in [0.15, 0.2) is 0 Å². The first kappa shape index (κ1) is 13.8. The molecule has 0 bridgehead atoms. The Morgan fingerprint density at radius 2 is 1.89 bits per heavy atom. The molecule has 0 aliphatic heterocycles. The van der Waals surface area contributed by atoms with Gasteiger partial charge in [0.25, 0.3) is 0 Å². The van der Waals surface area contributed by atoms with Crippen LogP contribution in [0.25, 0.3) is 5.69 Å². The third kappa shape index (κ3) is 3.04. The summed E-state index contributed by atoms with van der Waals surface area (Å²) >= 11 is 0. The molecule has 1 heterocycles. The summed E-state index contributed by atoms with van der Waals surface area (Å²) in [6.07, 6.45) is 5.30. The van der Waals surface area contributed by atoms with E-state index in [-0.39, 0.29) is 0 Å². The van der Waals surface area contributed by atoms with Gasteiger partial charge in [-0.25, -0.2) is 4.68 Å². The van der Waals surface area contributed by atoms with Crippen LogP contribution in [0.2, 0.25) is 0 Å². The Kier molecular flexibility index (Phi) is 4.38. The molecule has 0 amide bonds. The van der Waals surface area contributed by atoms with E-state index >= 15 is 0 Å². The molecule has 3 nitrogen and oxygen atoms in total. The molecule has 102 valence electrons. The summed E-state index contributed by atoms with van der Waals surface area (Å²) in [4.78, 5) is 2.28. The van der Waals surface area contributed by atoms with E-state index in [9.17, 15) is 0 Å². The summed E-state index contributed by atoms with van der Waals surface area (Å²) in [5, 5.41) is 4.50. The van der Waals surface area contributed by atoms with E-state index in [0.29, 0.717) is 12.0 Å². The minimum absolute atomic E-state index is 0.419. The van der Waals surface area contributed by atoms with Gasteiger partial charge in [0.2, 0.25) is 0 Å². The standard InChI is InChI=1S/C16H23N3/c1-5-13(2)16(18(3)4)14-11-17-19(12-14)15-9-7-6-8-10-15/h6-13,16H,5H2,1-4H3/t13-,16-/m1/s1. The molecule has 1 aromatic carbocycles. The summed E-state index contributed by atoms with van der Waals surface area (Å²) in [6.45, 7) is 4.54. The fraction of sp³-hybridized carbons (Fsp3) is 0.438. The number of rotatable bonds is 5. The van der Waals surface area contributed by atoms with Crippen LogP contribution in [0.5, 0.6) is 0 Å². The van der Waals surface area contributed by atoms with Gasteiger partial charge in [-0.15, -0.1) is 0 Å². The molecule has 0 saturated carbocycles. The van der Waals surface area contributed by atoms with Gasteiger partial charge in [-0.3, -0.25) is 0 Å².